The molecular formula is C36H34F2N6O7S2. The number of sulfonamides is 1. The number of methoxy groups -OCH3 is 1. The van der Waals surface area contributed by atoms with Crippen LogP contribution in [0.3, 0.4) is 0 Å². The molecule has 276 valence electrons. The van der Waals surface area contributed by atoms with E-state index in [0.29, 0.717) is 60.1 Å². The smallest absolute Gasteiger partial charge is 0.283 e. The monoisotopic (exact) mass is 764 g/mol. The van der Waals surface area contributed by atoms with E-state index in [0.717, 1.165) is 16.2 Å². The van der Waals surface area contributed by atoms with E-state index in [1.54, 1.807) is 30.3 Å². The van der Waals surface area contributed by atoms with Gasteiger partial charge in [0.1, 0.15) is 28.0 Å². The average Bonchev–Trinajstić information content (AvgIpc) is 3.56. The van der Waals surface area contributed by atoms with Crippen molar-refractivity contribution in [1.82, 2.24) is 19.1 Å². The van der Waals surface area contributed by atoms with Gasteiger partial charge in [-0.1, -0.05) is 18.2 Å². The Kier molecular flexibility index (Phi) is 9.75. The van der Waals surface area contributed by atoms with E-state index in [-0.39, 0.29) is 40.1 Å². The topological polar surface area (TPSA) is 154 Å². The average molecular weight is 765 g/mol. The summed E-state index contributed by atoms with van der Waals surface area (Å²) in [6, 6.07) is 14.6. The predicted molar refractivity (Wildman–Crippen MR) is 193 cm³/mol. The minimum atomic E-state index is -4.59. The van der Waals surface area contributed by atoms with Gasteiger partial charge in [-0.25, -0.2) is 27.2 Å². The molecule has 2 atom stereocenters. The van der Waals surface area contributed by atoms with E-state index in [9.17, 15) is 25.6 Å². The van der Waals surface area contributed by atoms with Crippen LogP contribution in [-0.2, 0) is 29.5 Å². The van der Waals surface area contributed by atoms with Crippen LogP contribution < -0.4 is 9.46 Å². The Hall–Kier alpha value is -5.23. The number of ether oxygens (including phenoxy) is 3. The highest BCUT2D eigenvalue weighted by Crippen LogP contribution is 2.35. The molecule has 0 spiro atoms. The van der Waals surface area contributed by atoms with Gasteiger partial charge in [0.25, 0.3) is 20.0 Å². The Morgan fingerprint density at radius 1 is 0.943 bits per heavy atom. The second-order valence-electron chi connectivity index (χ2n) is 12.6. The van der Waals surface area contributed by atoms with Gasteiger partial charge in [-0.15, -0.1) is 0 Å². The summed E-state index contributed by atoms with van der Waals surface area (Å²) in [6.45, 7) is 6.26. The SMILES string of the molecule is COc1ncc(-c2cc(C3=NCC=C(CN4C[C@@H](C)O[C@@H](C)C4)O3)c3cnn(S(=O)(=O)c4ccccc4)c3c2)cc1NS(=O)(=O)c1ccc(F)cc1F. The second-order valence-corrected chi connectivity index (χ2v) is 16.0. The fraction of sp³-hybridized carbons (Fsp3) is 0.250. The Balaban J connectivity index is 1.32. The summed E-state index contributed by atoms with van der Waals surface area (Å²) in [6.07, 6.45) is 4.81. The molecular weight excluding hydrogens is 731 g/mol. The van der Waals surface area contributed by atoms with E-state index < -0.39 is 36.6 Å². The number of morpholine rings is 1. The lowest BCUT2D eigenvalue weighted by molar-refractivity contribution is -0.0671. The third kappa shape index (κ3) is 7.37. The third-order valence-electron chi connectivity index (χ3n) is 8.62. The van der Waals surface area contributed by atoms with Gasteiger partial charge in [-0.05, 0) is 68.0 Å². The first-order chi connectivity index (χ1) is 25.3. The largest absolute Gasteiger partial charge is 0.480 e. The Morgan fingerprint density at radius 2 is 1.70 bits per heavy atom. The highest BCUT2D eigenvalue weighted by molar-refractivity contribution is 7.92. The highest BCUT2D eigenvalue weighted by Gasteiger charge is 2.28. The molecule has 1 fully saturated rings. The zero-order valence-electron chi connectivity index (χ0n) is 28.7. The molecule has 0 bridgehead atoms. The van der Waals surface area contributed by atoms with Gasteiger partial charge in [0.15, 0.2) is 0 Å². The first kappa shape index (κ1) is 36.1. The molecule has 5 aromatic rings. The number of benzene rings is 3. The molecule has 2 aliphatic heterocycles. The van der Waals surface area contributed by atoms with E-state index in [1.807, 2.05) is 19.9 Å². The van der Waals surface area contributed by atoms with Gasteiger partial charge >= 0.3 is 0 Å². The van der Waals surface area contributed by atoms with Crippen molar-refractivity contribution in [2.75, 3.05) is 38.0 Å². The molecule has 13 nitrogen and oxygen atoms in total. The number of pyridine rings is 1. The van der Waals surface area contributed by atoms with E-state index >= 15 is 0 Å². The number of hydrogen-bond acceptors (Lipinski definition) is 11. The summed E-state index contributed by atoms with van der Waals surface area (Å²) in [5.74, 6) is -1.48. The summed E-state index contributed by atoms with van der Waals surface area (Å²) in [7, 11) is -7.50. The van der Waals surface area contributed by atoms with Crippen LogP contribution in [0.15, 0.2) is 106 Å². The summed E-state index contributed by atoms with van der Waals surface area (Å²) in [5, 5.41) is 4.72. The first-order valence-corrected chi connectivity index (χ1v) is 19.4. The molecule has 0 aliphatic carbocycles. The van der Waals surface area contributed by atoms with Gasteiger partial charge in [0.2, 0.25) is 11.8 Å². The van der Waals surface area contributed by atoms with Crippen molar-refractivity contribution in [3.05, 3.63) is 108 Å². The van der Waals surface area contributed by atoms with Crippen molar-refractivity contribution >= 4 is 42.5 Å². The molecule has 0 amide bonds. The molecule has 53 heavy (non-hydrogen) atoms. The zero-order chi connectivity index (χ0) is 37.5. The van der Waals surface area contributed by atoms with Crippen LogP contribution >= 0.6 is 0 Å². The molecule has 1 saturated heterocycles. The minimum Gasteiger partial charge on any atom is -0.480 e. The maximum Gasteiger partial charge on any atom is 0.283 e. The number of nitrogens with one attached hydrogen (secondary N) is 1. The Bertz CT molecular complexity index is 2480. The van der Waals surface area contributed by atoms with Crippen molar-refractivity contribution in [3.8, 4) is 17.0 Å². The maximum absolute atomic E-state index is 14.6. The first-order valence-electron chi connectivity index (χ1n) is 16.5. The van der Waals surface area contributed by atoms with Crippen LogP contribution in [0, 0.1) is 11.6 Å². The summed E-state index contributed by atoms with van der Waals surface area (Å²) in [4.78, 5) is 10.4. The summed E-state index contributed by atoms with van der Waals surface area (Å²) in [5.41, 5.74) is 1.16. The van der Waals surface area contributed by atoms with Crippen molar-refractivity contribution in [3.63, 3.8) is 0 Å². The number of aromatic nitrogens is 3. The number of anilines is 1. The lowest BCUT2D eigenvalue weighted by Gasteiger charge is -2.35. The van der Waals surface area contributed by atoms with Gasteiger partial charge in [0.05, 0.1) is 49.0 Å². The summed E-state index contributed by atoms with van der Waals surface area (Å²) >= 11 is 0. The maximum atomic E-state index is 14.6. The van der Waals surface area contributed by atoms with Crippen molar-refractivity contribution < 1.29 is 39.8 Å². The quantitative estimate of drug-likeness (QED) is 0.201. The molecule has 0 saturated carbocycles. The molecule has 1 N–H and O–H groups in total. The van der Waals surface area contributed by atoms with Crippen molar-refractivity contribution in [2.24, 2.45) is 4.99 Å². The van der Waals surface area contributed by atoms with Crippen molar-refractivity contribution in [1.29, 1.82) is 0 Å². The molecule has 2 aromatic heterocycles. The molecule has 0 unspecified atom stereocenters. The van der Waals surface area contributed by atoms with Crippen LogP contribution in [0.4, 0.5) is 14.5 Å². The number of rotatable bonds is 10. The van der Waals surface area contributed by atoms with E-state index in [2.05, 4.69) is 24.7 Å². The van der Waals surface area contributed by atoms with Crippen LogP contribution in [-0.4, -0.2) is 87.3 Å². The predicted octanol–water partition coefficient (Wildman–Crippen LogP) is 5.19. The number of aliphatic imine (C=N–C) groups is 1. The molecule has 4 heterocycles. The number of nitrogens with zero attached hydrogens (tertiary/aromatic N) is 5. The van der Waals surface area contributed by atoms with Crippen LogP contribution in [0.25, 0.3) is 22.0 Å². The van der Waals surface area contributed by atoms with Crippen LogP contribution in [0.5, 0.6) is 5.88 Å². The number of halogens is 2. The Labute approximate surface area is 304 Å². The molecule has 2 aliphatic rings. The lowest BCUT2D eigenvalue weighted by Crippen LogP contribution is -2.46. The lowest BCUT2D eigenvalue weighted by atomic mass is 10.0. The second kappa shape index (κ2) is 14.3. The van der Waals surface area contributed by atoms with Gasteiger partial charge in [-0.2, -0.15) is 17.6 Å². The molecule has 0 radical (unpaired) electrons. The molecule has 17 heteroatoms. The van der Waals surface area contributed by atoms with Crippen LogP contribution in [0.2, 0.25) is 0 Å². The fourth-order valence-corrected chi connectivity index (χ4v) is 8.76. The molecule has 7 rings (SSSR count). The van der Waals surface area contributed by atoms with E-state index in [4.69, 9.17) is 14.2 Å². The standard InChI is InChI=1S/C36H34F2N6O7S2/c1-22-19-43(20-23(2)50-22)21-27-11-12-39-35(51-27)29-13-24(15-33-30(29)18-41-44(33)53(47,48)28-7-5-4-6-8-28)25-14-32(36(49-3)40-17-25)42-52(45,46)34-10-9-26(37)16-31(34)38/h4-11,13-18,22-23,42H,12,19-21H2,1-3H3/t22-,23+. The minimum absolute atomic E-state index is 0.0122. The fourth-order valence-electron chi connectivity index (χ4n) is 6.37. The number of fused-ring (bicyclic) bond motifs is 1. The van der Waals surface area contributed by atoms with Crippen LogP contribution in [0.1, 0.15) is 19.4 Å². The zero-order valence-corrected chi connectivity index (χ0v) is 30.4. The number of hydrogen-bond donors (Lipinski definition) is 1. The van der Waals surface area contributed by atoms with Gasteiger partial charge in [-0.3, -0.25) is 9.62 Å². The molecule has 3 aromatic carbocycles. The Morgan fingerprint density at radius 3 is 2.42 bits per heavy atom. The van der Waals surface area contributed by atoms with Crippen molar-refractivity contribution in [2.45, 2.75) is 35.8 Å². The normalized spacial score (nSPS) is 18.3. The van der Waals surface area contributed by atoms with Gasteiger partial charge < -0.3 is 14.2 Å². The highest BCUT2D eigenvalue weighted by atomic mass is 32.2. The van der Waals surface area contributed by atoms with Gasteiger partial charge in [0, 0.05) is 41.9 Å². The summed E-state index contributed by atoms with van der Waals surface area (Å²) < 4.78 is 103. The van der Waals surface area contributed by atoms with E-state index in [1.165, 1.54) is 37.7 Å². The third-order valence-corrected chi connectivity index (χ3v) is 11.6.